The van der Waals surface area contributed by atoms with Crippen LogP contribution in [0.4, 0.5) is 5.82 Å². The van der Waals surface area contributed by atoms with Crippen molar-refractivity contribution in [3.05, 3.63) is 133 Å². The first-order chi connectivity index (χ1) is 17.7. The third-order valence-electron chi connectivity index (χ3n) is 6.03. The summed E-state index contributed by atoms with van der Waals surface area (Å²) in [6, 6.07) is 34.8. The summed E-state index contributed by atoms with van der Waals surface area (Å²) in [6.45, 7) is 0. The van der Waals surface area contributed by atoms with Crippen LogP contribution in [0.15, 0.2) is 121 Å². The third-order valence-corrected chi connectivity index (χ3v) is 6.03. The number of imide groups is 1. The normalized spacial score (nSPS) is 11.0. The number of hydrogen-bond acceptors (Lipinski definition) is 4. The van der Waals surface area contributed by atoms with E-state index in [1.165, 1.54) is 0 Å². The Morgan fingerprint density at radius 1 is 0.611 bits per heavy atom. The van der Waals surface area contributed by atoms with Crippen molar-refractivity contribution < 1.29 is 9.59 Å². The Bertz CT molecular complexity index is 1660. The number of pyridine rings is 1. The van der Waals surface area contributed by atoms with E-state index in [2.05, 4.69) is 0 Å². The molecule has 0 unspecified atom stereocenters. The first kappa shape index (κ1) is 21.4. The predicted molar refractivity (Wildman–Crippen MR) is 140 cm³/mol. The first-order valence-corrected chi connectivity index (χ1v) is 11.5. The molecule has 0 radical (unpaired) electrons. The highest BCUT2D eigenvalue weighted by Gasteiger charge is 2.30. The van der Waals surface area contributed by atoms with Gasteiger partial charge in [0.05, 0.1) is 11.2 Å². The van der Waals surface area contributed by atoms with Crippen LogP contribution in [0.2, 0.25) is 0 Å². The van der Waals surface area contributed by atoms with Crippen LogP contribution >= 0.6 is 0 Å². The Labute approximate surface area is 207 Å². The van der Waals surface area contributed by atoms with Gasteiger partial charge in [0.15, 0.2) is 5.82 Å². The molecule has 2 heterocycles. The molecule has 0 aliphatic heterocycles. The van der Waals surface area contributed by atoms with E-state index in [-0.39, 0.29) is 5.82 Å². The van der Waals surface area contributed by atoms with Gasteiger partial charge in [-0.2, -0.15) is 5.10 Å². The fourth-order valence-electron chi connectivity index (χ4n) is 4.28. The molecule has 2 amide bonds. The molecule has 0 saturated carbocycles. The van der Waals surface area contributed by atoms with Gasteiger partial charge in [-0.1, -0.05) is 72.8 Å². The minimum absolute atomic E-state index is 0.195. The smallest absolute Gasteiger partial charge is 0.266 e. The van der Waals surface area contributed by atoms with E-state index in [1.54, 1.807) is 53.2 Å². The summed E-state index contributed by atoms with van der Waals surface area (Å²) < 4.78 is 1.75. The third kappa shape index (κ3) is 3.71. The molecule has 0 aliphatic carbocycles. The quantitative estimate of drug-likeness (QED) is 0.295. The molecule has 0 N–H and O–H groups in total. The molecule has 0 bridgehead atoms. The SMILES string of the molecule is O=C(c1ccccc1)N(C(=O)c1ccccc1)c1nc2ccccc2c2cn(-c3ccccc3)nc12. The van der Waals surface area contributed by atoms with Gasteiger partial charge in [-0.15, -0.1) is 0 Å². The monoisotopic (exact) mass is 468 g/mol. The number of para-hydroxylation sites is 2. The van der Waals surface area contributed by atoms with Crippen molar-refractivity contribution in [3.63, 3.8) is 0 Å². The summed E-state index contributed by atoms with van der Waals surface area (Å²) in [5.74, 6) is -0.744. The summed E-state index contributed by atoms with van der Waals surface area (Å²) in [5, 5.41) is 6.50. The summed E-state index contributed by atoms with van der Waals surface area (Å²) >= 11 is 0. The van der Waals surface area contributed by atoms with Crippen LogP contribution in [0.1, 0.15) is 20.7 Å². The van der Waals surface area contributed by atoms with Crippen molar-refractivity contribution in [2.75, 3.05) is 4.90 Å². The summed E-state index contributed by atoms with van der Waals surface area (Å²) in [7, 11) is 0. The molecule has 6 aromatic rings. The molecule has 0 saturated heterocycles. The Morgan fingerprint density at radius 2 is 1.14 bits per heavy atom. The molecule has 0 fully saturated rings. The van der Waals surface area contributed by atoms with Crippen LogP contribution in [0, 0.1) is 0 Å². The van der Waals surface area contributed by atoms with Gasteiger partial charge < -0.3 is 0 Å². The second-order valence-corrected chi connectivity index (χ2v) is 8.30. The zero-order valence-electron chi connectivity index (χ0n) is 19.2. The topological polar surface area (TPSA) is 68.1 Å². The van der Waals surface area contributed by atoms with Gasteiger partial charge in [-0.05, 0) is 42.5 Å². The Balaban J connectivity index is 1.64. The lowest BCUT2D eigenvalue weighted by Gasteiger charge is -2.21. The highest BCUT2D eigenvalue weighted by molar-refractivity contribution is 6.28. The molecule has 6 heteroatoms. The molecular formula is C30H20N4O2. The number of carbonyl (C=O) groups is 2. The fraction of sp³-hybridized carbons (Fsp3) is 0. The number of benzene rings is 4. The number of rotatable bonds is 4. The Morgan fingerprint density at radius 3 is 1.75 bits per heavy atom. The van der Waals surface area contributed by atoms with Crippen molar-refractivity contribution in [1.29, 1.82) is 0 Å². The number of anilines is 1. The molecule has 0 spiro atoms. The van der Waals surface area contributed by atoms with Crippen molar-refractivity contribution >= 4 is 39.4 Å². The molecule has 2 aromatic heterocycles. The highest BCUT2D eigenvalue weighted by Crippen LogP contribution is 2.33. The lowest BCUT2D eigenvalue weighted by Crippen LogP contribution is -2.38. The second kappa shape index (κ2) is 8.92. The predicted octanol–water partition coefficient (Wildman–Crippen LogP) is 6.06. The largest absolute Gasteiger partial charge is 0.268 e. The van der Waals surface area contributed by atoms with E-state index in [9.17, 15) is 9.59 Å². The first-order valence-electron chi connectivity index (χ1n) is 11.5. The lowest BCUT2D eigenvalue weighted by atomic mass is 10.1. The van der Waals surface area contributed by atoms with E-state index in [1.807, 2.05) is 72.9 Å². The Hall–Kier alpha value is -5.10. The number of nitrogens with zero attached hydrogens (tertiary/aromatic N) is 4. The van der Waals surface area contributed by atoms with Crippen LogP contribution in [-0.2, 0) is 0 Å². The minimum Gasteiger partial charge on any atom is -0.268 e. The summed E-state index contributed by atoms with van der Waals surface area (Å²) in [5.41, 5.74) is 2.75. The average molecular weight is 469 g/mol. The van der Waals surface area contributed by atoms with Crippen molar-refractivity contribution in [3.8, 4) is 5.69 Å². The maximum atomic E-state index is 13.8. The van der Waals surface area contributed by atoms with Crippen molar-refractivity contribution in [2.45, 2.75) is 0 Å². The van der Waals surface area contributed by atoms with E-state index in [4.69, 9.17) is 10.1 Å². The number of hydrogen-bond donors (Lipinski definition) is 0. The average Bonchev–Trinajstić information content (AvgIpc) is 3.41. The van der Waals surface area contributed by atoms with Crippen LogP contribution in [0.25, 0.3) is 27.5 Å². The van der Waals surface area contributed by atoms with E-state index in [0.29, 0.717) is 22.2 Å². The minimum atomic E-state index is -0.470. The van der Waals surface area contributed by atoms with Crippen LogP contribution < -0.4 is 4.90 Å². The Kier molecular flexibility index (Phi) is 5.31. The fourth-order valence-corrected chi connectivity index (χ4v) is 4.28. The zero-order chi connectivity index (χ0) is 24.5. The molecule has 6 nitrogen and oxygen atoms in total. The second-order valence-electron chi connectivity index (χ2n) is 8.30. The number of fused-ring (bicyclic) bond motifs is 3. The summed E-state index contributed by atoms with van der Waals surface area (Å²) in [4.78, 5) is 33.6. The van der Waals surface area contributed by atoms with Gasteiger partial charge in [0.2, 0.25) is 0 Å². The van der Waals surface area contributed by atoms with E-state index < -0.39 is 11.8 Å². The van der Waals surface area contributed by atoms with Crippen molar-refractivity contribution in [2.24, 2.45) is 0 Å². The molecule has 0 atom stereocenters. The van der Waals surface area contributed by atoms with Gasteiger partial charge in [-0.25, -0.2) is 14.6 Å². The standard InChI is InChI=1S/C30H20N4O2/c35-29(21-12-4-1-5-13-21)34(30(36)22-14-6-2-7-15-22)28-27-25(24-18-10-11-19-26(24)31-28)20-33(32-27)23-16-8-3-9-17-23/h1-20H. The maximum absolute atomic E-state index is 13.8. The zero-order valence-corrected chi connectivity index (χ0v) is 19.2. The molecule has 172 valence electrons. The molecule has 0 aliphatic rings. The lowest BCUT2D eigenvalue weighted by molar-refractivity contribution is 0.0897. The van der Waals surface area contributed by atoms with Gasteiger partial charge in [0, 0.05) is 28.1 Å². The van der Waals surface area contributed by atoms with Gasteiger partial charge in [0.25, 0.3) is 11.8 Å². The van der Waals surface area contributed by atoms with Gasteiger partial charge in [0.1, 0.15) is 5.52 Å². The van der Waals surface area contributed by atoms with E-state index in [0.717, 1.165) is 21.4 Å². The summed E-state index contributed by atoms with van der Waals surface area (Å²) in [6.07, 6.45) is 1.91. The van der Waals surface area contributed by atoms with Crippen LogP contribution in [0.5, 0.6) is 0 Å². The molecular weight excluding hydrogens is 448 g/mol. The number of aromatic nitrogens is 3. The van der Waals surface area contributed by atoms with Crippen LogP contribution in [0.3, 0.4) is 0 Å². The highest BCUT2D eigenvalue weighted by atomic mass is 16.2. The van der Waals surface area contributed by atoms with Gasteiger partial charge >= 0.3 is 0 Å². The maximum Gasteiger partial charge on any atom is 0.266 e. The van der Waals surface area contributed by atoms with Crippen LogP contribution in [-0.4, -0.2) is 26.6 Å². The van der Waals surface area contributed by atoms with E-state index >= 15 is 0 Å². The number of amides is 2. The van der Waals surface area contributed by atoms with Crippen molar-refractivity contribution in [1.82, 2.24) is 14.8 Å². The van der Waals surface area contributed by atoms with Gasteiger partial charge in [-0.3, -0.25) is 9.59 Å². The molecule has 4 aromatic carbocycles. The number of carbonyl (C=O) groups excluding carboxylic acids is 2. The molecule has 6 rings (SSSR count). The molecule has 36 heavy (non-hydrogen) atoms.